The van der Waals surface area contributed by atoms with Crippen molar-refractivity contribution in [3.8, 4) is 22.4 Å². The first-order valence-electron chi connectivity index (χ1n) is 12.6. The van der Waals surface area contributed by atoms with Crippen molar-refractivity contribution in [3.05, 3.63) is 128 Å². The molecule has 0 unspecified atom stereocenters. The fraction of sp³-hybridized carbons (Fsp3) is 0. The highest BCUT2D eigenvalue weighted by Gasteiger charge is 2.15. The monoisotopic (exact) mass is 471 g/mol. The molecule has 0 radical (unpaired) electrons. The molecule has 2 nitrogen and oxygen atoms in total. The second-order valence-electron chi connectivity index (χ2n) is 9.56. The summed E-state index contributed by atoms with van der Waals surface area (Å²) in [5.41, 5.74) is 6.15. The van der Waals surface area contributed by atoms with Gasteiger partial charge in [0.05, 0.1) is 5.69 Å². The topological polar surface area (TPSA) is 26.0 Å². The van der Waals surface area contributed by atoms with E-state index >= 15 is 0 Å². The second-order valence-corrected chi connectivity index (χ2v) is 9.56. The zero-order valence-corrected chi connectivity index (χ0v) is 20.0. The molecule has 0 bridgehead atoms. The van der Waals surface area contributed by atoms with Gasteiger partial charge in [-0.15, -0.1) is 0 Å². The van der Waals surface area contributed by atoms with E-state index in [0.29, 0.717) is 0 Å². The van der Waals surface area contributed by atoms with E-state index in [0.717, 1.165) is 49.7 Å². The normalized spacial score (nSPS) is 11.8. The largest absolute Gasteiger partial charge is 0.455 e. The first kappa shape index (κ1) is 20.3. The first-order chi connectivity index (χ1) is 18.3. The van der Waals surface area contributed by atoms with Gasteiger partial charge in [0.2, 0.25) is 0 Å². The van der Waals surface area contributed by atoms with E-state index in [1.165, 1.54) is 26.9 Å². The number of fused-ring (bicyclic) bond motifs is 8. The van der Waals surface area contributed by atoms with Crippen LogP contribution in [0, 0.1) is 0 Å². The molecule has 0 N–H and O–H groups in total. The molecule has 0 spiro atoms. The van der Waals surface area contributed by atoms with E-state index in [4.69, 9.17) is 9.40 Å². The minimum absolute atomic E-state index is 0.888. The number of para-hydroxylation sites is 1. The van der Waals surface area contributed by atoms with Gasteiger partial charge in [0.15, 0.2) is 0 Å². The lowest BCUT2D eigenvalue weighted by Gasteiger charge is -2.10. The summed E-state index contributed by atoms with van der Waals surface area (Å²) in [6, 6.07) is 42.8. The molecule has 0 aliphatic rings. The average molecular weight is 472 g/mol. The summed E-state index contributed by atoms with van der Waals surface area (Å²) < 4.78 is 6.39. The minimum atomic E-state index is 0.888. The van der Waals surface area contributed by atoms with Crippen LogP contribution < -0.4 is 0 Å². The van der Waals surface area contributed by atoms with Crippen molar-refractivity contribution >= 4 is 54.3 Å². The van der Waals surface area contributed by atoms with E-state index in [2.05, 4.69) is 115 Å². The molecule has 0 aliphatic heterocycles. The Hall–Kier alpha value is -4.95. The van der Waals surface area contributed by atoms with Gasteiger partial charge in [-0.25, -0.2) is 0 Å². The van der Waals surface area contributed by atoms with Gasteiger partial charge >= 0.3 is 0 Å². The highest BCUT2D eigenvalue weighted by molar-refractivity contribution is 6.19. The molecule has 0 atom stereocenters. The van der Waals surface area contributed by atoms with Crippen LogP contribution >= 0.6 is 0 Å². The SMILES string of the molecule is c1ccc(-c2cccc3c2oc2ccc(-c4nccc5c4ccc4c6ccccc6ccc54)cc23)cc1. The van der Waals surface area contributed by atoms with Gasteiger partial charge < -0.3 is 4.42 Å². The summed E-state index contributed by atoms with van der Waals surface area (Å²) in [6.45, 7) is 0. The predicted octanol–water partition coefficient (Wildman–Crippen LogP) is 9.77. The van der Waals surface area contributed by atoms with Crippen LogP contribution in [0.5, 0.6) is 0 Å². The third-order valence-corrected chi connectivity index (χ3v) is 7.52. The van der Waals surface area contributed by atoms with Gasteiger partial charge in [-0.1, -0.05) is 97.1 Å². The van der Waals surface area contributed by atoms with Gasteiger partial charge in [-0.05, 0) is 56.8 Å². The number of hydrogen-bond acceptors (Lipinski definition) is 2. The smallest absolute Gasteiger partial charge is 0.143 e. The molecule has 2 heteroatoms. The molecule has 172 valence electrons. The molecule has 0 aliphatic carbocycles. The molecule has 8 aromatic rings. The van der Waals surface area contributed by atoms with Crippen molar-refractivity contribution in [2.75, 3.05) is 0 Å². The fourth-order valence-electron chi connectivity index (χ4n) is 5.77. The van der Waals surface area contributed by atoms with Crippen molar-refractivity contribution in [2.45, 2.75) is 0 Å². The maximum absolute atomic E-state index is 6.39. The van der Waals surface area contributed by atoms with Crippen molar-refractivity contribution < 1.29 is 4.42 Å². The number of furan rings is 1. The van der Waals surface area contributed by atoms with Crippen molar-refractivity contribution in [3.63, 3.8) is 0 Å². The third kappa shape index (κ3) is 3.03. The number of aromatic nitrogens is 1. The molecular formula is C35H21NO. The molecule has 2 heterocycles. The molecule has 37 heavy (non-hydrogen) atoms. The first-order valence-corrected chi connectivity index (χ1v) is 12.6. The van der Waals surface area contributed by atoms with Crippen LogP contribution in [-0.4, -0.2) is 4.98 Å². The summed E-state index contributed by atoms with van der Waals surface area (Å²) in [5, 5.41) is 9.66. The Morgan fingerprint density at radius 2 is 1.22 bits per heavy atom. The Morgan fingerprint density at radius 3 is 2.16 bits per heavy atom. The van der Waals surface area contributed by atoms with E-state index in [1.54, 1.807) is 0 Å². The lowest BCUT2D eigenvalue weighted by atomic mass is 9.95. The highest BCUT2D eigenvalue weighted by Crippen LogP contribution is 2.39. The maximum Gasteiger partial charge on any atom is 0.143 e. The van der Waals surface area contributed by atoms with Gasteiger partial charge in [-0.2, -0.15) is 0 Å². The number of rotatable bonds is 2. The van der Waals surface area contributed by atoms with Crippen LogP contribution in [0.25, 0.3) is 76.6 Å². The number of hydrogen-bond donors (Lipinski definition) is 0. The van der Waals surface area contributed by atoms with Gasteiger partial charge in [0, 0.05) is 33.5 Å². The lowest BCUT2D eigenvalue weighted by molar-refractivity contribution is 0.670. The van der Waals surface area contributed by atoms with Crippen LogP contribution in [0.2, 0.25) is 0 Å². The summed E-state index contributed by atoms with van der Waals surface area (Å²) >= 11 is 0. The van der Waals surface area contributed by atoms with Crippen LogP contribution in [0.3, 0.4) is 0 Å². The molecule has 0 fully saturated rings. The van der Waals surface area contributed by atoms with Crippen LogP contribution in [0.4, 0.5) is 0 Å². The van der Waals surface area contributed by atoms with Gasteiger partial charge in [0.1, 0.15) is 11.2 Å². The van der Waals surface area contributed by atoms with E-state index in [9.17, 15) is 0 Å². The van der Waals surface area contributed by atoms with Crippen LogP contribution in [-0.2, 0) is 0 Å². The molecule has 2 aromatic heterocycles. The van der Waals surface area contributed by atoms with E-state index < -0.39 is 0 Å². The van der Waals surface area contributed by atoms with Gasteiger partial charge in [0.25, 0.3) is 0 Å². The average Bonchev–Trinajstić information content (AvgIpc) is 3.35. The summed E-state index contributed by atoms with van der Waals surface area (Å²) in [6.07, 6.45) is 1.93. The molecule has 6 aromatic carbocycles. The Kier molecular flexibility index (Phi) is 4.26. The Balaban J connectivity index is 1.36. The molecule has 0 saturated heterocycles. The van der Waals surface area contributed by atoms with Crippen molar-refractivity contribution in [1.29, 1.82) is 0 Å². The van der Waals surface area contributed by atoms with Crippen LogP contribution in [0.1, 0.15) is 0 Å². The predicted molar refractivity (Wildman–Crippen MR) is 155 cm³/mol. The number of benzene rings is 6. The summed E-state index contributed by atoms with van der Waals surface area (Å²) in [7, 11) is 0. The molecule has 0 saturated carbocycles. The van der Waals surface area contributed by atoms with Gasteiger partial charge in [-0.3, -0.25) is 4.98 Å². The second kappa shape index (κ2) is 7.78. The fourth-order valence-corrected chi connectivity index (χ4v) is 5.77. The Morgan fingerprint density at radius 1 is 0.459 bits per heavy atom. The lowest BCUT2D eigenvalue weighted by Crippen LogP contribution is -1.88. The summed E-state index contributed by atoms with van der Waals surface area (Å²) in [5.74, 6) is 0. The van der Waals surface area contributed by atoms with Crippen molar-refractivity contribution in [2.24, 2.45) is 0 Å². The van der Waals surface area contributed by atoms with E-state index in [1.807, 2.05) is 12.3 Å². The quantitative estimate of drug-likeness (QED) is 0.235. The zero-order valence-electron chi connectivity index (χ0n) is 20.0. The molecule has 0 amide bonds. The molecular weight excluding hydrogens is 450 g/mol. The standard InChI is InChI=1S/C35H21NO/c1-2-7-22(8-3-1)26-11-6-12-31-32-21-24(14-18-33(32)37-35(26)31)34-30-17-16-27-25-10-5-4-9-23(25)13-15-28(27)29(30)19-20-36-34/h1-21H. The Bertz CT molecular complexity index is 2140. The van der Waals surface area contributed by atoms with Crippen LogP contribution in [0.15, 0.2) is 132 Å². The van der Waals surface area contributed by atoms with E-state index in [-0.39, 0.29) is 0 Å². The highest BCUT2D eigenvalue weighted by atomic mass is 16.3. The third-order valence-electron chi connectivity index (χ3n) is 7.52. The zero-order chi connectivity index (χ0) is 24.3. The number of pyridine rings is 1. The van der Waals surface area contributed by atoms with Crippen molar-refractivity contribution in [1.82, 2.24) is 4.98 Å². The maximum atomic E-state index is 6.39. The molecule has 8 rings (SSSR count). The number of nitrogens with zero attached hydrogens (tertiary/aromatic N) is 1. The Labute approximate surface area is 213 Å². The summed E-state index contributed by atoms with van der Waals surface area (Å²) in [4.78, 5) is 4.85. The minimum Gasteiger partial charge on any atom is -0.455 e.